The Labute approximate surface area is 111 Å². The molecule has 0 amide bonds. The zero-order valence-corrected chi connectivity index (χ0v) is 12.0. The second-order valence-electron chi connectivity index (χ2n) is 3.95. The van der Waals surface area contributed by atoms with E-state index in [4.69, 9.17) is 0 Å². The number of carbonyl (C=O) groups is 1. The molecule has 0 aliphatic carbocycles. The van der Waals surface area contributed by atoms with E-state index in [-0.39, 0.29) is 5.78 Å². The summed E-state index contributed by atoms with van der Waals surface area (Å²) in [6, 6.07) is 5.83. The number of halogens is 1. The van der Waals surface area contributed by atoms with Crippen LogP contribution in [-0.4, -0.2) is 18.9 Å². The van der Waals surface area contributed by atoms with Crippen LogP contribution in [0, 0.1) is 0 Å². The molecular weight excluding hydrogens is 278 g/mol. The molecule has 92 valence electrons. The van der Waals surface area contributed by atoms with Gasteiger partial charge in [0, 0.05) is 28.8 Å². The van der Waals surface area contributed by atoms with Gasteiger partial charge in [0.2, 0.25) is 0 Å². The lowest BCUT2D eigenvalue weighted by Gasteiger charge is -2.25. The highest BCUT2D eigenvalue weighted by atomic mass is 79.9. The number of nitrogens with zero attached hydrogens (tertiary/aromatic N) is 1. The summed E-state index contributed by atoms with van der Waals surface area (Å²) in [5.74, 6) is 0.0893. The normalized spacial score (nSPS) is 10.1. The minimum Gasteiger partial charge on any atom is -0.367 e. The van der Waals surface area contributed by atoms with E-state index in [1.807, 2.05) is 24.3 Å². The molecule has 0 atom stereocenters. The van der Waals surface area contributed by atoms with Crippen LogP contribution in [0.3, 0.4) is 0 Å². The number of Topliss-reactive ketones (excluding diaryl/α,β-unsaturated/α-hetero) is 1. The van der Waals surface area contributed by atoms with Crippen molar-refractivity contribution in [3.8, 4) is 0 Å². The van der Waals surface area contributed by atoms with Gasteiger partial charge in [-0.15, -0.1) is 6.58 Å². The second kappa shape index (κ2) is 6.60. The van der Waals surface area contributed by atoms with Crippen LogP contribution in [-0.2, 0) is 0 Å². The van der Waals surface area contributed by atoms with Crippen molar-refractivity contribution in [3.05, 3.63) is 40.9 Å². The molecule has 0 saturated carbocycles. The minimum absolute atomic E-state index is 0.0893. The van der Waals surface area contributed by atoms with Gasteiger partial charge in [0.15, 0.2) is 5.78 Å². The molecule has 0 heterocycles. The highest BCUT2D eigenvalue weighted by Gasteiger charge is 2.13. The third kappa shape index (κ3) is 3.70. The number of hydrogen-bond donors (Lipinski definition) is 0. The van der Waals surface area contributed by atoms with Crippen molar-refractivity contribution in [2.75, 3.05) is 18.0 Å². The van der Waals surface area contributed by atoms with Gasteiger partial charge in [-0.1, -0.05) is 28.9 Å². The molecule has 17 heavy (non-hydrogen) atoms. The van der Waals surface area contributed by atoms with Crippen molar-refractivity contribution in [1.29, 1.82) is 0 Å². The molecule has 1 aromatic rings. The van der Waals surface area contributed by atoms with Crippen LogP contribution in [0.25, 0.3) is 0 Å². The van der Waals surface area contributed by atoms with Crippen LogP contribution < -0.4 is 4.90 Å². The van der Waals surface area contributed by atoms with Gasteiger partial charge in [0.1, 0.15) is 0 Å². The zero-order valence-electron chi connectivity index (χ0n) is 10.4. The average molecular weight is 296 g/mol. The summed E-state index contributed by atoms with van der Waals surface area (Å²) in [4.78, 5) is 13.8. The van der Waals surface area contributed by atoms with Crippen LogP contribution in [0.1, 0.15) is 30.6 Å². The summed E-state index contributed by atoms with van der Waals surface area (Å²) < 4.78 is 0.932. The highest BCUT2D eigenvalue weighted by Crippen LogP contribution is 2.25. The maximum Gasteiger partial charge on any atom is 0.161 e. The van der Waals surface area contributed by atoms with Crippen LogP contribution in [0.5, 0.6) is 0 Å². The fourth-order valence-electron chi connectivity index (χ4n) is 1.80. The maximum atomic E-state index is 11.7. The summed E-state index contributed by atoms with van der Waals surface area (Å²) in [5.41, 5.74) is 1.75. The minimum atomic E-state index is 0.0893. The summed E-state index contributed by atoms with van der Waals surface area (Å²) in [7, 11) is 0. The Balaban J connectivity index is 3.16. The summed E-state index contributed by atoms with van der Waals surface area (Å²) in [6.45, 7) is 9.18. The van der Waals surface area contributed by atoms with Crippen molar-refractivity contribution in [3.63, 3.8) is 0 Å². The quantitative estimate of drug-likeness (QED) is 0.583. The van der Waals surface area contributed by atoms with E-state index >= 15 is 0 Å². The first-order valence-electron chi connectivity index (χ1n) is 5.76. The van der Waals surface area contributed by atoms with Crippen LogP contribution in [0.4, 0.5) is 5.69 Å². The first-order valence-corrected chi connectivity index (χ1v) is 6.55. The number of benzene rings is 1. The Morgan fingerprint density at radius 1 is 1.53 bits per heavy atom. The van der Waals surface area contributed by atoms with Gasteiger partial charge in [-0.05, 0) is 31.5 Å². The van der Waals surface area contributed by atoms with E-state index in [0.29, 0.717) is 0 Å². The molecule has 0 radical (unpaired) electrons. The molecule has 0 unspecified atom stereocenters. The third-order valence-electron chi connectivity index (χ3n) is 2.52. The van der Waals surface area contributed by atoms with Crippen molar-refractivity contribution >= 4 is 27.4 Å². The van der Waals surface area contributed by atoms with Gasteiger partial charge in [0.05, 0.1) is 0 Å². The predicted octanol–water partition coefficient (Wildman–Crippen LogP) is 4.05. The first kappa shape index (κ1) is 14.0. The zero-order chi connectivity index (χ0) is 12.8. The molecule has 0 aliphatic heterocycles. The van der Waals surface area contributed by atoms with Crippen molar-refractivity contribution in [2.45, 2.75) is 20.3 Å². The molecule has 0 fully saturated rings. The Morgan fingerprint density at radius 3 is 2.76 bits per heavy atom. The Morgan fingerprint density at radius 2 is 2.24 bits per heavy atom. The third-order valence-corrected chi connectivity index (χ3v) is 3.01. The number of hydrogen-bond acceptors (Lipinski definition) is 2. The van der Waals surface area contributed by atoms with E-state index in [9.17, 15) is 4.79 Å². The molecule has 1 rings (SSSR count). The van der Waals surface area contributed by atoms with Gasteiger partial charge in [0.25, 0.3) is 0 Å². The second-order valence-corrected chi connectivity index (χ2v) is 4.87. The van der Waals surface area contributed by atoms with Gasteiger partial charge in [-0.2, -0.15) is 0 Å². The smallest absolute Gasteiger partial charge is 0.161 e. The topological polar surface area (TPSA) is 20.3 Å². The number of rotatable bonds is 6. The standard InChI is InChI=1S/C14H18BrNO/c1-4-8-16(9-5-2)14-7-6-12(15)10-13(14)11(3)17/h4,6-7,10H,1,5,8-9H2,2-3H3. The van der Waals surface area contributed by atoms with Crippen LogP contribution in [0.15, 0.2) is 35.3 Å². The van der Waals surface area contributed by atoms with E-state index in [1.54, 1.807) is 6.92 Å². The molecule has 2 nitrogen and oxygen atoms in total. The SMILES string of the molecule is C=CCN(CCC)c1ccc(Br)cc1C(C)=O. The lowest BCUT2D eigenvalue weighted by atomic mass is 10.1. The van der Waals surface area contributed by atoms with E-state index in [0.717, 1.165) is 35.2 Å². The molecule has 0 aliphatic rings. The van der Waals surface area contributed by atoms with E-state index in [2.05, 4.69) is 34.3 Å². The first-order chi connectivity index (χ1) is 8.10. The Hall–Kier alpha value is -1.09. The highest BCUT2D eigenvalue weighted by molar-refractivity contribution is 9.10. The molecule has 0 spiro atoms. The van der Waals surface area contributed by atoms with Crippen LogP contribution >= 0.6 is 15.9 Å². The fraction of sp³-hybridized carbons (Fsp3) is 0.357. The van der Waals surface area contributed by atoms with Crippen molar-refractivity contribution < 1.29 is 4.79 Å². The van der Waals surface area contributed by atoms with Crippen molar-refractivity contribution in [2.24, 2.45) is 0 Å². The lowest BCUT2D eigenvalue weighted by Crippen LogP contribution is -2.25. The number of carbonyl (C=O) groups excluding carboxylic acids is 1. The van der Waals surface area contributed by atoms with Gasteiger partial charge < -0.3 is 4.90 Å². The van der Waals surface area contributed by atoms with Crippen molar-refractivity contribution in [1.82, 2.24) is 0 Å². The predicted molar refractivity (Wildman–Crippen MR) is 76.8 cm³/mol. The molecule has 0 aromatic heterocycles. The molecule has 0 bridgehead atoms. The van der Waals surface area contributed by atoms with Gasteiger partial charge >= 0.3 is 0 Å². The lowest BCUT2D eigenvalue weighted by molar-refractivity contribution is 0.101. The van der Waals surface area contributed by atoms with E-state index in [1.165, 1.54) is 0 Å². The number of ketones is 1. The molecule has 3 heteroatoms. The number of anilines is 1. The molecule has 0 N–H and O–H groups in total. The Kier molecular flexibility index (Phi) is 5.42. The monoisotopic (exact) mass is 295 g/mol. The van der Waals surface area contributed by atoms with Crippen LogP contribution in [0.2, 0.25) is 0 Å². The van der Waals surface area contributed by atoms with Gasteiger partial charge in [-0.25, -0.2) is 0 Å². The molecule has 1 aromatic carbocycles. The van der Waals surface area contributed by atoms with Gasteiger partial charge in [-0.3, -0.25) is 4.79 Å². The largest absolute Gasteiger partial charge is 0.367 e. The molecular formula is C14H18BrNO. The maximum absolute atomic E-state index is 11.7. The van der Waals surface area contributed by atoms with E-state index < -0.39 is 0 Å². The summed E-state index contributed by atoms with van der Waals surface area (Å²) >= 11 is 3.40. The average Bonchev–Trinajstić information content (AvgIpc) is 2.28. The summed E-state index contributed by atoms with van der Waals surface area (Å²) in [5, 5.41) is 0. The molecule has 0 saturated heterocycles. The summed E-state index contributed by atoms with van der Waals surface area (Å²) in [6.07, 6.45) is 2.91. The fourth-order valence-corrected chi connectivity index (χ4v) is 2.16. The Bertz CT molecular complexity index is 415.